The van der Waals surface area contributed by atoms with Gasteiger partial charge >= 0.3 is 0 Å². The molecule has 0 fully saturated rings. The third-order valence-corrected chi connectivity index (χ3v) is 2.68. The van der Waals surface area contributed by atoms with Gasteiger partial charge in [0, 0.05) is 11.4 Å². The summed E-state index contributed by atoms with van der Waals surface area (Å²) in [6, 6.07) is 3.91. The zero-order valence-electron chi connectivity index (χ0n) is 7.97. The summed E-state index contributed by atoms with van der Waals surface area (Å²) in [6.45, 7) is 0. The van der Waals surface area contributed by atoms with Crippen LogP contribution in [0.4, 0.5) is 4.39 Å². The van der Waals surface area contributed by atoms with Gasteiger partial charge in [0.05, 0.1) is 7.11 Å². The molecule has 0 spiro atoms. The Morgan fingerprint density at radius 2 is 2.27 bits per heavy atom. The molecular formula is C10H9Cl2FO2. The van der Waals surface area contributed by atoms with Crippen molar-refractivity contribution in [1.82, 2.24) is 0 Å². The van der Waals surface area contributed by atoms with E-state index in [9.17, 15) is 9.18 Å². The Morgan fingerprint density at radius 1 is 1.60 bits per heavy atom. The minimum absolute atomic E-state index is 0.00592. The van der Waals surface area contributed by atoms with E-state index in [-0.39, 0.29) is 17.2 Å². The fourth-order valence-corrected chi connectivity index (χ4v) is 1.34. The molecule has 0 bridgehead atoms. The molecule has 1 atom stereocenters. The summed E-state index contributed by atoms with van der Waals surface area (Å²) in [5.74, 6) is -0.910. The number of ketones is 1. The van der Waals surface area contributed by atoms with Crippen molar-refractivity contribution < 1.29 is 13.9 Å². The summed E-state index contributed by atoms with van der Waals surface area (Å²) >= 11 is 11.1. The molecule has 0 aliphatic carbocycles. The molecule has 0 N–H and O–H groups in total. The van der Waals surface area contributed by atoms with Crippen LogP contribution in [0, 0.1) is 5.82 Å². The van der Waals surface area contributed by atoms with Crippen LogP contribution >= 0.6 is 23.2 Å². The number of hydrogen-bond acceptors (Lipinski definition) is 2. The summed E-state index contributed by atoms with van der Waals surface area (Å²) < 4.78 is 17.9. The first-order valence-electron chi connectivity index (χ1n) is 4.18. The minimum Gasteiger partial charge on any atom is -0.494 e. The Balaban J connectivity index is 2.97. The largest absolute Gasteiger partial charge is 0.494 e. The molecule has 0 aliphatic rings. The van der Waals surface area contributed by atoms with Gasteiger partial charge in [0.1, 0.15) is 5.38 Å². The molecule has 15 heavy (non-hydrogen) atoms. The maximum absolute atomic E-state index is 13.2. The van der Waals surface area contributed by atoms with Gasteiger partial charge in [-0.25, -0.2) is 4.39 Å². The second-order valence-electron chi connectivity index (χ2n) is 2.84. The van der Waals surface area contributed by atoms with Gasteiger partial charge in [-0.15, -0.1) is 23.2 Å². The lowest BCUT2D eigenvalue weighted by Crippen LogP contribution is -2.16. The highest BCUT2D eigenvalue weighted by Gasteiger charge is 2.17. The molecule has 2 nitrogen and oxygen atoms in total. The Bertz CT molecular complexity index is 368. The number of hydrogen-bond donors (Lipinski definition) is 0. The van der Waals surface area contributed by atoms with Gasteiger partial charge in [0.15, 0.2) is 17.3 Å². The minimum atomic E-state index is -0.834. The first-order valence-corrected chi connectivity index (χ1v) is 5.15. The van der Waals surface area contributed by atoms with Crippen LogP contribution in [0.5, 0.6) is 5.75 Å². The van der Waals surface area contributed by atoms with E-state index in [2.05, 4.69) is 0 Å². The first kappa shape index (κ1) is 12.3. The van der Waals surface area contributed by atoms with E-state index < -0.39 is 17.0 Å². The highest BCUT2D eigenvalue weighted by molar-refractivity contribution is 6.38. The van der Waals surface area contributed by atoms with Crippen molar-refractivity contribution in [2.45, 2.75) is 5.38 Å². The van der Waals surface area contributed by atoms with Crippen LogP contribution in [0.1, 0.15) is 10.4 Å². The van der Waals surface area contributed by atoms with Gasteiger partial charge in [-0.3, -0.25) is 4.79 Å². The van der Waals surface area contributed by atoms with Gasteiger partial charge in [0.25, 0.3) is 0 Å². The average molecular weight is 251 g/mol. The molecule has 1 rings (SSSR count). The standard InChI is InChI=1S/C10H9Cl2FO2/c1-15-9-3-2-6(4-8(9)13)10(14)7(12)5-11/h2-4,7H,5H2,1H3. The maximum Gasteiger partial charge on any atom is 0.181 e. The van der Waals surface area contributed by atoms with Crippen molar-refractivity contribution in [3.63, 3.8) is 0 Å². The number of halogens is 3. The van der Waals surface area contributed by atoms with Crippen LogP contribution < -0.4 is 4.74 Å². The number of rotatable bonds is 4. The second kappa shape index (κ2) is 5.33. The van der Waals surface area contributed by atoms with Gasteiger partial charge in [-0.05, 0) is 18.2 Å². The third kappa shape index (κ3) is 2.83. The smallest absolute Gasteiger partial charge is 0.181 e. The average Bonchev–Trinajstić information content (AvgIpc) is 2.26. The SMILES string of the molecule is COc1ccc(C(=O)C(Cl)CCl)cc1F. The van der Waals surface area contributed by atoms with Crippen molar-refractivity contribution in [2.75, 3.05) is 13.0 Å². The predicted molar refractivity (Wildman–Crippen MR) is 57.6 cm³/mol. The number of alkyl halides is 2. The van der Waals surface area contributed by atoms with Crippen molar-refractivity contribution in [2.24, 2.45) is 0 Å². The van der Waals surface area contributed by atoms with Crippen molar-refractivity contribution in [1.29, 1.82) is 0 Å². The molecule has 0 aliphatic heterocycles. The van der Waals surface area contributed by atoms with E-state index in [1.165, 1.54) is 19.2 Å². The molecule has 0 heterocycles. The molecule has 0 saturated carbocycles. The topological polar surface area (TPSA) is 26.3 Å². The summed E-state index contributed by atoms with van der Waals surface area (Å²) in [5, 5.41) is -0.834. The molecule has 5 heteroatoms. The van der Waals surface area contributed by atoms with Crippen molar-refractivity contribution in [3.05, 3.63) is 29.6 Å². The number of benzene rings is 1. The number of ether oxygens (including phenoxy) is 1. The van der Waals surface area contributed by atoms with E-state index in [0.717, 1.165) is 6.07 Å². The van der Waals surface area contributed by atoms with Crippen LogP contribution in [0.25, 0.3) is 0 Å². The second-order valence-corrected chi connectivity index (χ2v) is 3.67. The highest BCUT2D eigenvalue weighted by Crippen LogP contribution is 2.19. The number of carbonyl (C=O) groups is 1. The number of Topliss-reactive ketones (excluding diaryl/α,β-unsaturated/α-hetero) is 1. The Kier molecular flexibility index (Phi) is 4.36. The van der Waals surface area contributed by atoms with Gasteiger partial charge in [0.2, 0.25) is 0 Å². The Hall–Kier alpha value is -0.800. The number of methoxy groups -OCH3 is 1. The fraction of sp³-hybridized carbons (Fsp3) is 0.300. The first-order chi connectivity index (χ1) is 7.10. The molecule has 0 radical (unpaired) electrons. The number of carbonyl (C=O) groups excluding carboxylic acids is 1. The van der Waals surface area contributed by atoms with Crippen LogP contribution in [0.3, 0.4) is 0 Å². The summed E-state index contributed by atoms with van der Waals surface area (Å²) in [7, 11) is 1.35. The van der Waals surface area contributed by atoms with Crippen molar-refractivity contribution >= 4 is 29.0 Å². The zero-order chi connectivity index (χ0) is 11.4. The van der Waals surface area contributed by atoms with Crippen molar-refractivity contribution in [3.8, 4) is 5.75 Å². The maximum atomic E-state index is 13.2. The van der Waals surface area contributed by atoms with Crippen LogP contribution in [0.15, 0.2) is 18.2 Å². The molecule has 82 valence electrons. The van der Waals surface area contributed by atoms with E-state index in [0.29, 0.717) is 0 Å². The predicted octanol–water partition coefficient (Wildman–Crippen LogP) is 2.86. The fourth-order valence-electron chi connectivity index (χ4n) is 1.07. The van der Waals surface area contributed by atoms with E-state index in [4.69, 9.17) is 27.9 Å². The van der Waals surface area contributed by atoms with Gasteiger partial charge in [-0.2, -0.15) is 0 Å². The Morgan fingerprint density at radius 3 is 2.73 bits per heavy atom. The molecule has 1 aromatic carbocycles. The van der Waals surface area contributed by atoms with E-state index in [1.54, 1.807) is 0 Å². The molecular weight excluding hydrogens is 242 g/mol. The quantitative estimate of drug-likeness (QED) is 0.607. The van der Waals surface area contributed by atoms with Crippen LogP contribution in [-0.2, 0) is 0 Å². The van der Waals surface area contributed by atoms with Gasteiger partial charge in [-0.1, -0.05) is 0 Å². The van der Waals surface area contributed by atoms with E-state index in [1.807, 2.05) is 0 Å². The van der Waals surface area contributed by atoms with E-state index >= 15 is 0 Å². The molecule has 0 aromatic heterocycles. The lowest BCUT2D eigenvalue weighted by Gasteiger charge is -2.06. The van der Waals surface area contributed by atoms with Crippen LogP contribution in [-0.4, -0.2) is 24.2 Å². The summed E-state index contributed by atoms with van der Waals surface area (Å²) in [6.07, 6.45) is 0. The Labute approximate surface area is 96.9 Å². The lowest BCUT2D eigenvalue weighted by atomic mass is 10.1. The molecule has 0 amide bonds. The molecule has 1 aromatic rings. The third-order valence-electron chi connectivity index (χ3n) is 1.86. The molecule has 0 saturated heterocycles. The lowest BCUT2D eigenvalue weighted by molar-refractivity contribution is 0.0992. The zero-order valence-corrected chi connectivity index (χ0v) is 9.48. The monoisotopic (exact) mass is 250 g/mol. The summed E-state index contributed by atoms with van der Waals surface area (Å²) in [5.41, 5.74) is 0.189. The summed E-state index contributed by atoms with van der Waals surface area (Å²) in [4.78, 5) is 11.5. The van der Waals surface area contributed by atoms with Gasteiger partial charge < -0.3 is 4.74 Å². The highest BCUT2D eigenvalue weighted by atomic mass is 35.5. The molecule has 1 unspecified atom stereocenters. The van der Waals surface area contributed by atoms with Crippen LogP contribution in [0.2, 0.25) is 0 Å². The normalized spacial score (nSPS) is 12.3.